The number of nitro groups is 1. The Balaban J connectivity index is 2.62. The number of nitrogens with one attached hydrogen (secondary N) is 1. The Bertz CT molecular complexity index is 379. The number of amides is 1. The van der Waals surface area contributed by atoms with E-state index in [0.29, 0.717) is 12.1 Å². The van der Waals surface area contributed by atoms with E-state index < -0.39 is 16.9 Å². The van der Waals surface area contributed by atoms with Gasteiger partial charge in [0.25, 0.3) is 11.9 Å². The van der Waals surface area contributed by atoms with E-state index in [9.17, 15) is 14.9 Å². The molecule has 5 heteroatoms. The van der Waals surface area contributed by atoms with Gasteiger partial charge in [-0.25, -0.2) is 0 Å². The monoisotopic (exact) mass is 236 g/mol. The molecule has 5 nitrogen and oxygen atoms in total. The Labute approximate surface area is 100.0 Å². The van der Waals surface area contributed by atoms with Crippen molar-refractivity contribution < 1.29 is 9.72 Å². The van der Waals surface area contributed by atoms with Gasteiger partial charge < -0.3 is 5.32 Å². The van der Waals surface area contributed by atoms with Crippen molar-refractivity contribution in [2.24, 2.45) is 0 Å². The maximum Gasteiger partial charge on any atom is 0.299 e. The van der Waals surface area contributed by atoms with Crippen LogP contribution in [0, 0.1) is 10.1 Å². The summed E-state index contributed by atoms with van der Waals surface area (Å²) in [4.78, 5) is 22.0. The van der Waals surface area contributed by atoms with Crippen molar-refractivity contribution >= 4 is 11.6 Å². The molecule has 0 aliphatic rings. The second-order valence-corrected chi connectivity index (χ2v) is 3.80. The van der Waals surface area contributed by atoms with Crippen molar-refractivity contribution in [3.05, 3.63) is 40.4 Å². The molecule has 1 rings (SSSR count). The molecule has 1 unspecified atom stereocenters. The number of unbranched alkanes of at least 4 members (excludes halogenated alkanes) is 1. The second kappa shape index (κ2) is 6.62. The number of nitrogens with zero attached hydrogens (tertiary/aromatic N) is 1. The first kappa shape index (κ1) is 13.2. The highest BCUT2D eigenvalue weighted by Crippen LogP contribution is 2.10. The van der Waals surface area contributed by atoms with E-state index >= 15 is 0 Å². The fourth-order valence-electron chi connectivity index (χ4n) is 1.48. The molecule has 1 amide bonds. The molecular formula is C12H16N2O3. The standard InChI is InChI=1S/C12H16N2O3/c1-2-3-9-11(14(16)17)12(15)13-10-7-5-4-6-8-10/h4-8,11H,2-3,9H2,1H3,(H,13,15). The van der Waals surface area contributed by atoms with Gasteiger partial charge in [-0.05, 0) is 18.6 Å². The van der Waals surface area contributed by atoms with Crippen molar-refractivity contribution in [2.75, 3.05) is 5.32 Å². The average Bonchev–Trinajstić information content (AvgIpc) is 2.30. The number of carbonyl (C=O) groups is 1. The van der Waals surface area contributed by atoms with Crippen LogP contribution >= 0.6 is 0 Å². The highest BCUT2D eigenvalue weighted by molar-refractivity contribution is 5.93. The molecule has 92 valence electrons. The highest BCUT2D eigenvalue weighted by atomic mass is 16.6. The van der Waals surface area contributed by atoms with Gasteiger partial charge in [-0.15, -0.1) is 0 Å². The van der Waals surface area contributed by atoms with Gasteiger partial charge in [0.05, 0.1) is 0 Å². The SMILES string of the molecule is CCCCC(C(=O)Nc1ccccc1)[N+](=O)[O-]. The van der Waals surface area contributed by atoms with Gasteiger partial charge in [-0.1, -0.05) is 31.5 Å². The lowest BCUT2D eigenvalue weighted by atomic mass is 10.1. The lowest BCUT2D eigenvalue weighted by Crippen LogP contribution is -2.34. The minimum absolute atomic E-state index is 0.280. The van der Waals surface area contributed by atoms with Gasteiger partial charge >= 0.3 is 0 Å². The predicted molar refractivity (Wildman–Crippen MR) is 65.4 cm³/mol. The van der Waals surface area contributed by atoms with Crippen LogP contribution in [0.2, 0.25) is 0 Å². The molecule has 0 aliphatic heterocycles. The number of rotatable bonds is 6. The number of anilines is 1. The van der Waals surface area contributed by atoms with E-state index in [1.165, 1.54) is 0 Å². The molecule has 1 aromatic rings. The predicted octanol–water partition coefficient (Wildman–Crippen LogP) is 2.46. The van der Waals surface area contributed by atoms with Gasteiger partial charge in [0.2, 0.25) is 0 Å². The smallest absolute Gasteiger partial charge is 0.299 e. The Morgan fingerprint density at radius 2 is 2.06 bits per heavy atom. The number of benzene rings is 1. The summed E-state index contributed by atoms with van der Waals surface area (Å²) in [6, 6.07) is 7.60. The van der Waals surface area contributed by atoms with Crippen molar-refractivity contribution in [3.8, 4) is 0 Å². The fourth-order valence-corrected chi connectivity index (χ4v) is 1.48. The molecule has 0 heterocycles. The number of para-hydroxylation sites is 1. The van der Waals surface area contributed by atoms with Gasteiger partial charge in [0.15, 0.2) is 0 Å². The highest BCUT2D eigenvalue weighted by Gasteiger charge is 2.28. The minimum atomic E-state index is -1.16. The Morgan fingerprint density at radius 3 is 2.59 bits per heavy atom. The largest absolute Gasteiger partial charge is 0.320 e. The first-order valence-corrected chi connectivity index (χ1v) is 5.64. The number of hydrogen-bond acceptors (Lipinski definition) is 3. The zero-order valence-electron chi connectivity index (χ0n) is 9.76. The summed E-state index contributed by atoms with van der Waals surface area (Å²) >= 11 is 0. The van der Waals surface area contributed by atoms with Gasteiger partial charge in [-0.3, -0.25) is 14.9 Å². The van der Waals surface area contributed by atoms with Crippen LogP contribution < -0.4 is 5.32 Å². The molecule has 0 saturated heterocycles. The molecule has 0 saturated carbocycles. The van der Waals surface area contributed by atoms with E-state index in [-0.39, 0.29) is 6.42 Å². The third kappa shape index (κ3) is 4.22. The summed E-state index contributed by atoms with van der Waals surface area (Å²) < 4.78 is 0. The molecule has 0 radical (unpaired) electrons. The zero-order chi connectivity index (χ0) is 12.7. The summed E-state index contributed by atoms with van der Waals surface area (Å²) in [5.41, 5.74) is 0.584. The van der Waals surface area contributed by atoms with Crippen LogP contribution in [0.3, 0.4) is 0 Å². The van der Waals surface area contributed by atoms with Crippen molar-refractivity contribution in [1.82, 2.24) is 0 Å². The van der Waals surface area contributed by atoms with Crippen LogP contribution in [0.15, 0.2) is 30.3 Å². The summed E-state index contributed by atoms with van der Waals surface area (Å²) in [6.07, 6.45) is 1.79. The summed E-state index contributed by atoms with van der Waals surface area (Å²) in [5.74, 6) is -0.547. The lowest BCUT2D eigenvalue weighted by molar-refractivity contribution is -0.508. The first-order valence-electron chi connectivity index (χ1n) is 5.64. The summed E-state index contributed by atoms with van der Waals surface area (Å²) in [7, 11) is 0. The van der Waals surface area contributed by atoms with Gasteiger partial charge in [-0.2, -0.15) is 0 Å². The molecule has 0 aliphatic carbocycles. The molecule has 0 spiro atoms. The molecule has 0 fully saturated rings. The van der Waals surface area contributed by atoms with Crippen molar-refractivity contribution in [3.63, 3.8) is 0 Å². The maximum absolute atomic E-state index is 11.7. The van der Waals surface area contributed by atoms with Crippen LogP contribution in [-0.2, 0) is 4.79 Å². The lowest BCUT2D eigenvalue weighted by Gasteiger charge is -2.09. The fraction of sp³-hybridized carbons (Fsp3) is 0.417. The summed E-state index contributed by atoms with van der Waals surface area (Å²) in [6.45, 7) is 1.94. The van der Waals surface area contributed by atoms with Crippen molar-refractivity contribution in [1.29, 1.82) is 0 Å². The number of carbonyl (C=O) groups excluding carboxylic acids is 1. The normalized spacial score (nSPS) is 11.8. The van der Waals surface area contributed by atoms with Crippen molar-refractivity contribution in [2.45, 2.75) is 32.2 Å². The van der Waals surface area contributed by atoms with Crippen LogP contribution in [0.5, 0.6) is 0 Å². The topological polar surface area (TPSA) is 72.2 Å². The van der Waals surface area contributed by atoms with Gasteiger partial charge in [0.1, 0.15) is 0 Å². The Morgan fingerprint density at radius 1 is 1.41 bits per heavy atom. The molecule has 1 N–H and O–H groups in total. The molecule has 17 heavy (non-hydrogen) atoms. The van der Waals surface area contributed by atoms with Crippen LogP contribution in [0.25, 0.3) is 0 Å². The van der Waals surface area contributed by atoms with Crippen LogP contribution in [0.1, 0.15) is 26.2 Å². The van der Waals surface area contributed by atoms with Crippen LogP contribution in [-0.4, -0.2) is 16.9 Å². The Kier molecular flexibility index (Phi) is 5.13. The summed E-state index contributed by atoms with van der Waals surface area (Å²) in [5, 5.41) is 13.3. The molecule has 0 bridgehead atoms. The zero-order valence-corrected chi connectivity index (χ0v) is 9.76. The average molecular weight is 236 g/mol. The quantitative estimate of drug-likeness (QED) is 0.609. The van der Waals surface area contributed by atoms with E-state index in [4.69, 9.17) is 0 Å². The van der Waals surface area contributed by atoms with E-state index in [0.717, 1.165) is 6.42 Å². The third-order valence-corrected chi connectivity index (χ3v) is 2.43. The third-order valence-electron chi connectivity index (χ3n) is 2.43. The Hall–Kier alpha value is -1.91. The van der Waals surface area contributed by atoms with Crippen LogP contribution in [0.4, 0.5) is 5.69 Å². The first-order chi connectivity index (χ1) is 8.15. The molecule has 1 aromatic carbocycles. The minimum Gasteiger partial charge on any atom is -0.320 e. The maximum atomic E-state index is 11.7. The molecule has 0 aromatic heterocycles. The number of hydrogen-bond donors (Lipinski definition) is 1. The molecular weight excluding hydrogens is 220 g/mol. The van der Waals surface area contributed by atoms with E-state index in [1.807, 2.05) is 13.0 Å². The van der Waals surface area contributed by atoms with Gasteiger partial charge in [0, 0.05) is 17.0 Å². The second-order valence-electron chi connectivity index (χ2n) is 3.80. The molecule has 1 atom stereocenters. The van der Waals surface area contributed by atoms with E-state index in [1.54, 1.807) is 24.3 Å². The van der Waals surface area contributed by atoms with E-state index in [2.05, 4.69) is 5.32 Å².